The molecule has 0 radical (unpaired) electrons. The van der Waals surface area contributed by atoms with Crippen LogP contribution < -0.4 is 16.6 Å². The van der Waals surface area contributed by atoms with Crippen LogP contribution in [0.5, 0.6) is 0 Å². The summed E-state index contributed by atoms with van der Waals surface area (Å²) >= 11 is 0. The molecular formula is C12H24N6. The Bertz CT molecular complexity index is 364. The van der Waals surface area contributed by atoms with Crippen molar-refractivity contribution in [3.8, 4) is 0 Å². The molecule has 0 amide bonds. The fraction of sp³-hybridized carbons (Fsp3) is 0.667. The first-order valence-corrected chi connectivity index (χ1v) is 6.39. The Morgan fingerprint density at radius 3 is 2.44 bits per heavy atom. The summed E-state index contributed by atoms with van der Waals surface area (Å²) in [4.78, 5) is 10.7. The average Bonchev–Trinajstić information content (AvgIpc) is 2.38. The van der Waals surface area contributed by atoms with Gasteiger partial charge in [0.05, 0.1) is 0 Å². The van der Waals surface area contributed by atoms with E-state index in [9.17, 15) is 0 Å². The standard InChI is InChI=1S/C12H24N6/c1-5-18(6-2)7-9(3)16-11-10(4)12(17-13)15-8-14-11/h8-9H,5-7,13H2,1-4H3,(H2,14,15,16,17). The summed E-state index contributed by atoms with van der Waals surface area (Å²) in [6, 6.07) is 0.323. The Hall–Kier alpha value is -1.40. The molecule has 0 bridgehead atoms. The van der Waals surface area contributed by atoms with E-state index >= 15 is 0 Å². The van der Waals surface area contributed by atoms with Gasteiger partial charge in [-0.2, -0.15) is 0 Å². The summed E-state index contributed by atoms with van der Waals surface area (Å²) in [6.07, 6.45) is 1.51. The molecule has 6 heteroatoms. The molecule has 6 nitrogen and oxygen atoms in total. The van der Waals surface area contributed by atoms with Crippen LogP contribution in [0.15, 0.2) is 6.33 Å². The highest BCUT2D eigenvalue weighted by Crippen LogP contribution is 2.17. The molecule has 0 aromatic carbocycles. The lowest BCUT2D eigenvalue weighted by Gasteiger charge is -2.24. The van der Waals surface area contributed by atoms with E-state index in [4.69, 9.17) is 5.84 Å². The lowest BCUT2D eigenvalue weighted by Crippen LogP contribution is -2.35. The molecule has 18 heavy (non-hydrogen) atoms. The van der Waals surface area contributed by atoms with Gasteiger partial charge in [0.1, 0.15) is 18.0 Å². The van der Waals surface area contributed by atoms with Crippen molar-refractivity contribution < 1.29 is 0 Å². The van der Waals surface area contributed by atoms with Crippen molar-refractivity contribution in [3.05, 3.63) is 11.9 Å². The molecule has 0 saturated heterocycles. The third-order valence-corrected chi connectivity index (χ3v) is 3.03. The molecule has 4 N–H and O–H groups in total. The van der Waals surface area contributed by atoms with E-state index in [0.29, 0.717) is 11.9 Å². The maximum atomic E-state index is 5.40. The second kappa shape index (κ2) is 7.13. The summed E-state index contributed by atoms with van der Waals surface area (Å²) in [6.45, 7) is 11.5. The summed E-state index contributed by atoms with van der Waals surface area (Å²) < 4.78 is 0. The molecule has 0 aliphatic rings. The zero-order chi connectivity index (χ0) is 13.5. The highest BCUT2D eigenvalue weighted by atomic mass is 15.3. The second-order valence-electron chi connectivity index (χ2n) is 4.37. The Kier molecular flexibility index (Phi) is 5.80. The number of hydrogen-bond acceptors (Lipinski definition) is 6. The normalized spacial score (nSPS) is 12.6. The van der Waals surface area contributed by atoms with Crippen LogP contribution in [0.1, 0.15) is 26.3 Å². The van der Waals surface area contributed by atoms with Crippen molar-refractivity contribution in [1.82, 2.24) is 14.9 Å². The van der Waals surface area contributed by atoms with E-state index in [1.807, 2.05) is 6.92 Å². The topological polar surface area (TPSA) is 79.1 Å². The van der Waals surface area contributed by atoms with Gasteiger partial charge in [-0.15, -0.1) is 0 Å². The smallest absolute Gasteiger partial charge is 0.148 e. The third-order valence-electron chi connectivity index (χ3n) is 3.03. The second-order valence-corrected chi connectivity index (χ2v) is 4.37. The minimum Gasteiger partial charge on any atom is -0.366 e. The number of rotatable bonds is 7. The number of hydrazine groups is 1. The van der Waals surface area contributed by atoms with Gasteiger partial charge in [0, 0.05) is 18.2 Å². The molecule has 1 atom stereocenters. The highest BCUT2D eigenvalue weighted by molar-refractivity contribution is 5.56. The van der Waals surface area contributed by atoms with Gasteiger partial charge < -0.3 is 15.6 Å². The number of nitrogen functional groups attached to an aromatic ring is 1. The van der Waals surface area contributed by atoms with Crippen LogP contribution >= 0.6 is 0 Å². The molecule has 1 aromatic rings. The maximum Gasteiger partial charge on any atom is 0.148 e. The van der Waals surface area contributed by atoms with Gasteiger partial charge in [0.25, 0.3) is 0 Å². The van der Waals surface area contributed by atoms with Crippen LogP contribution in [-0.4, -0.2) is 40.5 Å². The molecule has 102 valence electrons. The van der Waals surface area contributed by atoms with Gasteiger partial charge in [-0.1, -0.05) is 13.8 Å². The van der Waals surface area contributed by atoms with Crippen LogP contribution in [0.3, 0.4) is 0 Å². The van der Waals surface area contributed by atoms with Crippen molar-refractivity contribution in [2.75, 3.05) is 30.4 Å². The first-order valence-electron chi connectivity index (χ1n) is 6.39. The van der Waals surface area contributed by atoms with Crippen LogP contribution in [0, 0.1) is 6.92 Å². The van der Waals surface area contributed by atoms with Crippen molar-refractivity contribution in [2.24, 2.45) is 5.84 Å². The molecule has 1 unspecified atom stereocenters. The minimum atomic E-state index is 0.323. The molecule has 0 saturated carbocycles. The number of nitrogens with one attached hydrogen (secondary N) is 2. The summed E-state index contributed by atoms with van der Waals surface area (Å²) in [5.74, 6) is 6.88. The molecule has 1 heterocycles. The maximum absolute atomic E-state index is 5.40. The molecule has 0 aliphatic carbocycles. The number of likely N-dealkylation sites (N-methyl/N-ethyl adjacent to an activating group) is 1. The predicted molar refractivity (Wildman–Crippen MR) is 75.5 cm³/mol. The zero-order valence-electron chi connectivity index (χ0n) is 11.7. The van der Waals surface area contributed by atoms with E-state index in [0.717, 1.165) is 31.0 Å². The van der Waals surface area contributed by atoms with Crippen LogP contribution in [0.2, 0.25) is 0 Å². The highest BCUT2D eigenvalue weighted by Gasteiger charge is 2.11. The monoisotopic (exact) mass is 252 g/mol. The van der Waals surface area contributed by atoms with Crippen LogP contribution in [-0.2, 0) is 0 Å². The summed E-state index contributed by atoms with van der Waals surface area (Å²) in [7, 11) is 0. The number of hydrogen-bond donors (Lipinski definition) is 3. The molecule has 0 spiro atoms. The molecule has 1 rings (SSSR count). The van der Waals surface area contributed by atoms with Gasteiger partial charge in [-0.3, -0.25) is 0 Å². The van der Waals surface area contributed by atoms with E-state index in [1.54, 1.807) is 0 Å². The Labute approximate surface area is 109 Å². The number of nitrogens with zero attached hydrogens (tertiary/aromatic N) is 3. The number of nitrogens with two attached hydrogens (primary N) is 1. The van der Waals surface area contributed by atoms with Crippen LogP contribution in [0.25, 0.3) is 0 Å². The summed E-state index contributed by atoms with van der Waals surface area (Å²) in [5.41, 5.74) is 3.51. The van der Waals surface area contributed by atoms with Crippen molar-refractivity contribution >= 4 is 11.6 Å². The van der Waals surface area contributed by atoms with E-state index in [-0.39, 0.29) is 0 Å². The van der Waals surface area contributed by atoms with Crippen molar-refractivity contribution in [2.45, 2.75) is 33.7 Å². The van der Waals surface area contributed by atoms with E-state index in [2.05, 4.69) is 46.4 Å². The minimum absolute atomic E-state index is 0.323. The average molecular weight is 252 g/mol. The lowest BCUT2D eigenvalue weighted by atomic mass is 10.2. The molecular weight excluding hydrogens is 228 g/mol. The van der Waals surface area contributed by atoms with Gasteiger partial charge in [-0.25, -0.2) is 15.8 Å². The van der Waals surface area contributed by atoms with E-state index in [1.165, 1.54) is 6.33 Å². The van der Waals surface area contributed by atoms with Gasteiger partial charge in [-0.05, 0) is 26.9 Å². The van der Waals surface area contributed by atoms with Crippen LogP contribution in [0.4, 0.5) is 11.6 Å². The molecule has 0 fully saturated rings. The Morgan fingerprint density at radius 2 is 1.89 bits per heavy atom. The first-order chi connectivity index (χ1) is 8.62. The fourth-order valence-corrected chi connectivity index (χ4v) is 1.89. The Balaban J connectivity index is 2.67. The quantitative estimate of drug-likeness (QED) is 0.500. The van der Waals surface area contributed by atoms with Crippen molar-refractivity contribution in [3.63, 3.8) is 0 Å². The van der Waals surface area contributed by atoms with Gasteiger partial charge in [0.2, 0.25) is 0 Å². The van der Waals surface area contributed by atoms with Gasteiger partial charge in [0.15, 0.2) is 0 Å². The number of anilines is 2. The zero-order valence-corrected chi connectivity index (χ0v) is 11.7. The largest absolute Gasteiger partial charge is 0.366 e. The molecule has 0 aliphatic heterocycles. The first kappa shape index (κ1) is 14.7. The van der Waals surface area contributed by atoms with E-state index < -0.39 is 0 Å². The predicted octanol–water partition coefficient (Wildman–Crippen LogP) is 1.21. The number of aromatic nitrogens is 2. The third kappa shape index (κ3) is 3.82. The molecule has 1 aromatic heterocycles. The van der Waals surface area contributed by atoms with Gasteiger partial charge >= 0.3 is 0 Å². The SMILES string of the molecule is CCN(CC)CC(C)Nc1ncnc(NN)c1C. The summed E-state index contributed by atoms with van der Waals surface area (Å²) in [5, 5.41) is 3.40. The fourth-order valence-electron chi connectivity index (χ4n) is 1.89. The van der Waals surface area contributed by atoms with Crippen molar-refractivity contribution in [1.29, 1.82) is 0 Å². The Morgan fingerprint density at radius 1 is 1.28 bits per heavy atom. The lowest BCUT2D eigenvalue weighted by molar-refractivity contribution is 0.294.